The Morgan fingerprint density at radius 1 is 1.59 bits per heavy atom. The van der Waals surface area contributed by atoms with Gasteiger partial charge >= 0.3 is 12.1 Å². The van der Waals surface area contributed by atoms with Crippen LogP contribution in [0, 0.1) is 5.92 Å². The van der Waals surface area contributed by atoms with Crippen LogP contribution in [0.15, 0.2) is 0 Å². The number of hydrogen-bond donors (Lipinski definition) is 1. The second-order valence-corrected chi connectivity index (χ2v) is 4.12. The third kappa shape index (κ3) is 4.22. The molecule has 0 aromatic carbocycles. The average molecular weight is 245 g/mol. The van der Waals surface area contributed by atoms with Crippen LogP contribution >= 0.6 is 0 Å². The smallest absolute Gasteiger partial charge is 0.407 e. The Morgan fingerprint density at radius 2 is 2.29 bits per heavy atom. The SMILES string of the molecule is CCOC(=O)CC(C)C1CN(C(=O)O)CCO1. The van der Waals surface area contributed by atoms with Gasteiger partial charge in [-0.25, -0.2) is 4.79 Å². The second-order valence-electron chi connectivity index (χ2n) is 4.12. The average Bonchev–Trinajstić information content (AvgIpc) is 2.29. The number of nitrogens with zero attached hydrogens (tertiary/aromatic N) is 1. The lowest BCUT2D eigenvalue weighted by atomic mass is 9.99. The maximum absolute atomic E-state index is 11.3. The summed E-state index contributed by atoms with van der Waals surface area (Å²) in [5.74, 6) is -0.313. The summed E-state index contributed by atoms with van der Waals surface area (Å²) in [5, 5.41) is 8.88. The third-order valence-electron chi connectivity index (χ3n) is 2.79. The van der Waals surface area contributed by atoms with Crippen LogP contribution in [0.25, 0.3) is 0 Å². The molecule has 1 rings (SSSR count). The molecule has 0 spiro atoms. The molecule has 0 aliphatic carbocycles. The van der Waals surface area contributed by atoms with Crippen LogP contribution in [0.3, 0.4) is 0 Å². The van der Waals surface area contributed by atoms with Gasteiger partial charge in [0.1, 0.15) is 0 Å². The van der Waals surface area contributed by atoms with Crippen LogP contribution in [-0.2, 0) is 14.3 Å². The molecule has 1 saturated heterocycles. The number of morpholine rings is 1. The standard InChI is InChI=1S/C11H19NO5/c1-3-16-10(13)6-8(2)9-7-12(11(14)15)4-5-17-9/h8-9H,3-7H2,1-2H3,(H,14,15). The Bertz CT molecular complexity index is 281. The Hall–Kier alpha value is -1.30. The van der Waals surface area contributed by atoms with Crippen LogP contribution < -0.4 is 0 Å². The molecular formula is C11H19NO5. The number of ether oxygens (including phenoxy) is 2. The van der Waals surface area contributed by atoms with E-state index in [9.17, 15) is 9.59 Å². The van der Waals surface area contributed by atoms with Crippen LogP contribution in [0.4, 0.5) is 4.79 Å². The largest absolute Gasteiger partial charge is 0.466 e. The summed E-state index contributed by atoms with van der Waals surface area (Å²) in [6.07, 6.45) is -0.919. The summed E-state index contributed by atoms with van der Waals surface area (Å²) in [4.78, 5) is 23.4. The highest BCUT2D eigenvalue weighted by Gasteiger charge is 2.29. The van der Waals surface area contributed by atoms with Gasteiger partial charge in [0, 0.05) is 6.54 Å². The van der Waals surface area contributed by atoms with Crippen molar-refractivity contribution in [3.8, 4) is 0 Å². The van der Waals surface area contributed by atoms with Crippen molar-refractivity contribution in [2.45, 2.75) is 26.4 Å². The number of carboxylic acid groups (broad SMARTS) is 1. The molecule has 1 amide bonds. The van der Waals surface area contributed by atoms with Gasteiger partial charge in [-0.2, -0.15) is 0 Å². The Kier molecular flexibility index (Phi) is 5.21. The molecule has 0 aromatic rings. The number of hydrogen-bond acceptors (Lipinski definition) is 4. The monoisotopic (exact) mass is 245 g/mol. The first-order valence-electron chi connectivity index (χ1n) is 5.79. The Labute approximate surface area is 100 Å². The molecule has 2 atom stereocenters. The summed E-state index contributed by atoms with van der Waals surface area (Å²) in [6.45, 7) is 5.06. The first-order valence-corrected chi connectivity index (χ1v) is 5.79. The van der Waals surface area contributed by atoms with Gasteiger partial charge in [0.15, 0.2) is 0 Å². The summed E-state index contributed by atoms with van der Waals surface area (Å²) >= 11 is 0. The fourth-order valence-corrected chi connectivity index (χ4v) is 1.81. The van der Waals surface area contributed by atoms with Gasteiger partial charge in [-0.3, -0.25) is 4.79 Å². The van der Waals surface area contributed by atoms with E-state index in [1.807, 2.05) is 6.92 Å². The minimum Gasteiger partial charge on any atom is -0.466 e. The molecule has 6 heteroatoms. The van der Waals surface area contributed by atoms with E-state index in [0.717, 1.165) is 0 Å². The summed E-state index contributed by atoms with van der Waals surface area (Å²) in [6, 6.07) is 0. The van der Waals surface area contributed by atoms with Crippen molar-refractivity contribution in [1.82, 2.24) is 4.90 Å². The second kappa shape index (κ2) is 6.44. The van der Waals surface area contributed by atoms with Gasteiger partial charge in [0.05, 0.1) is 32.3 Å². The van der Waals surface area contributed by atoms with Gasteiger partial charge in [0.25, 0.3) is 0 Å². The van der Waals surface area contributed by atoms with E-state index in [0.29, 0.717) is 26.3 Å². The summed E-state index contributed by atoms with van der Waals surface area (Å²) in [7, 11) is 0. The normalized spacial score (nSPS) is 22.0. The van der Waals surface area contributed by atoms with E-state index < -0.39 is 6.09 Å². The molecule has 0 saturated carbocycles. The Morgan fingerprint density at radius 3 is 2.88 bits per heavy atom. The van der Waals surface area contributed by atoms with E-state index >= 15 is 0 Å². The molecule has 0 aromatic heterocycles. The molecule has 1 aliphatic heterocycles. The van der Waals surface area contributed by atoms with Gasteiger partial charge in [0.2, 0.25) is 0 Å². The highest BCUT2D eigenvalue weighted by Crippen LogP contribution is 2.17. The molecule has 1 aliphatic rings. The Balaban J connectivity index is 2.43. The predicted octanol–water partition coefficient (Wildman–Crippen LogP) is 0.954. The highest BCUT2D eigenvalue weighted by molar-refractivity contribution is 5.69. The predicted molar refractivity (Wildman–Crippen MR) is 59.8 cm³/mol. The van der Waals surface area contributed by atoms with Crippen LogP contribution in [0.1, 0.15) is 20.3 Å². The van der Waals surface area contributed by atoms with Gasteiger partial charge in [-0.05, 0) is 12.8 Å². The quantitative estimate of drug-likeness (QED) is 0.746. The zero-order chi connectivity index (χ0) is 12.8. The van der Waals surface area contributed by atoms with Crippen molar-refractivity contribution in [2.75, 3.05) is 26.3 Å². The molecule has 1 N–H and O–H groups in total. The number of carbonyl (C=O) groups is 2. The molecular weight excluding hydrogens is 226 g/mol. The summed E-state index contributed by atoms with van der Waals surface area (Å²) < 4.78 is 10.3. The molecule has 1 heterocycles. The topological polar surface area (TPSA) is 76.1 Å². The minimum atomic E-state index is -0.943. The van der Waals surface area contributed by atoms with Crippen LogP contribution in [0.5, 0.6) is 0 Å². The zero-order valence-corrected chi connectivity index (χ0v) is 10.2. The zero-order valence-electron chi connectivity index (χ0n) is 10.2. The number of carbonyl (C=O) groups excluding carboxylic acids is 1. The van der Waals surface area contributed by atoms with Gasteiger partial charge < -0.3 is 19.5 Å². The lowest BCUT2D eigenvalue weighted by Crippen LogP contribution is -2.47. The first-order chi connectivity index (χ1) is 8.04. The lowest BCUT2D eigenvalue weighted by Gasteiger charge is -2.34. The number of amides is 1. The fourth-order valence-electron chi connectivity index (χ4n) is 1.81. The molecule has 0 radical (unpaired) electrons. The molecule has 0 bridgehead atoms. The van der Waals surface area contributed by atoms with Crippen LogP contribution in [-0.4, -0.2) is 54.5 Å². The van der Waals surface area contributed by atoms with Crippen LogP contribution in [0.2, 0.25) is 0 Å². The summed E-state index contributed by atoms with van der Waals surface area (Å²) in [5.41, 5.74) is 0. The van der Waals surface area contributed by atoms with E-state index in [1.165, 1.54) is 4.90 Å². The highest BCUT2D eigenvalue weighted by atomic mass is 16.5. The molecule has 98 valence electrons. The van der Waals surface area contributed by atoms with E-state index in [1.54, 1.807) is 6.92 Å². The van der Waals surface area contributed by atoms with Crippen molar-refractivity contribution >= 4 is 12.1 Å². The molecule has 1 fully saturated rings. The maximum Gasteiger partial charge on any atom is 0.407 e. The van der Waals surface area contributed by atoms with Crippen molar-refractivity contribution < 1.29 is 24.2 Å². The van der Waals surface area contributed by atoms with Gasteiger partial charge in [-0.15, -0.1) is 0 Å². The molecule has 6 nitrogen and oxygen atoms in total. The third-order valence-corrected chi connectivity index (χ3v) is 2.79. The molecule has 2 unspecified atom stereocenters. The van der Waals surface area contributed by atoms with E-state index in [-0.39, 0.29) is 24.4 Å². The van der Waals surface area contributed by atoms with Crippen molar-refractivity contribution in [3.63, 3.8) is 0 Å². The van der Waals surface area contributed by atoms with Gasteiger partial charge in [-0.1, -0.05) is 6.92 Å². The fraction of sp³-hybridized carbons (Fsp3) is 0.818. The number of esters is 1. The maximum atomic E-state index is 11.3. The van der Waals surface area contributed by atoms with E-state index in [2.05, 4.69) is 0 Å². The van der Waals surface area contributed by atoms with Crippen molar-refractivity contribution in [3.05, 3.63) is 0 Å². The van der Waals surface area contributed by atoms with E-state index in [4.69, 9.17) is 14.6 Å². The van der Waals surface area contributed by atoms with Crippen molar-refractivity contribution in [2.24, 2.45) is 5.92 Å². The lowest BCUT2D eigenvalue weighted by molar-refractivity contribution is -0.146. The number of rotatable bonds is 4. The molecule has 17 heavy (non-hydrogen) atoms. The van der Waals surface area contributed by atoms with Crippen molar-refractivity contribution in [1.29, 1.82) is 0 Å². The minimum absolute atomic E-state index is 0.0452. The first kappa shape index (κ1) is 13.8.